The van der Waals surface area contributed by atoms with Gasteiger partial charge < -0.3 is 10.2 Å². The lowest BCUT2D eigenvalue weighted by Crippen LogP contribution is -2.39. The third-order valence-electron chi connectivity index (χ3n) is 4.76. The van der Waals surface area contributed by atoms with E-state index in [9.17, 15) is 18.4 Å². The van der Waals surface area contributed by atoms with Crippen molar-refractivity contribution in [3.63, 3.8) is 0 Å². The molecule has 1 aliphatic rings. The molecule has 1 saturated heterocycles. The maximum Gasteiger partial charge on any atom is 0.253 e. The quantitative estimate of drug-likeness (QED) is 0.822. The van der Waals surface area contributed by atoms with Crippen LogP contribution in [-0.4, -0.2) is 34.8 Å². The zero-order chi connectivity index (χ0) is 20.3. The molecule has 0 unspecified atom stereocenters. The zero-order valence-electron chi connectivity index (χ0n) is 15.9. The van der Waals surface area contributed by atoms with Gasteiger partial charge >= 0.3 is 0 Å². The van der Waals surface area contributed by atoms with Gasteiger partial charge in [0.25, 0.3) is 5.91 Å². The molecule has 0 bridgehead atoms. The Kier molecular flexibility index (Phi) is 6.39. The minimum Gasteiger partial charge on any atom is -0.350 e. The molecule has 2 amide bonds. The van der Waals surface area contributed by atoms with Gasteiger partial charge in [0.2, 0.25) is 5.91 Å². The highest BCUT2D eigenvalue weighted by molar-refractivity contribution is 7.09. The van der Waals surface area contributed by atoms with E-state index in [1.807, 2.05) is 19.2 Å². The highest BCUT2D eigenvalue weighted by Crippen LogP contribution is 2.30. The minimum atomic E-state index is -1.02. The highest BCUT2D eigenvalue weighted by Gasteiger charge is 2.27. The monoisotopic (exact) mass is 407 g/mol. The smallest absolute Gasteiger partial charge is 0.253 e. The molecule has 8 heteroatoms. The van der Waals surface area contributed by atoms with Gasteiger partial charge in [0.05, 0.1) is 17.2 Å². The van der Waals surface area contributed by atoms with E-state index >= 15 is 0 Å². The van der Waals surface area contributed by atoms with Crippen molar-refractivity contribution in [1.82, 2.24) is 15.2 Å². The fraction of sp³-hybridized carbons (Fsp3) is 0.450. The summed E-state index contributed by atoms with van der Waals surface area (Å²) in [6.45, 7) is 5.13. The van der Waals surface area contributed by atoms with E-state index in [0.717, 1.165) is 35.7 Å². The number of piperidine rings is 1. The fourth-order valence-electron chi connectivity index (χ4n) is 3.15. The molecule has 2 heterocycles. The predicted octanol–water partition coefficient (Wildman–Crippen LogP) is 3.71. The lowest BCUT2D eigenvalue weighted by molar-refractivity contribution is -0.124. The fourth-order valence-corrected chi connectivity index (χ4v) is 4.10. The molecule has 1 aromatic heterocycles. The molecule has 1 aliphatic heterocycles. The molecular formula is C20H23F2N3O2S. The summed E-state index contributed by atoms with van der Waals surface area (Å²) in [5.41, 5.74) is 0.953. The second kappa shape index (κ2) is 8.77. The van der Waals surface area contributed by atoms with Gasteiger partial charge in [0.1, 0.15) is 0 Å². The topological polar surface area (TPSA) is 62.3 Å². The second-order valence-electron chi connectivity index (χ2n) is 7.27. The largest absolute Gasteiger partial charge is 0.350 e. The first-order valence-corrected chi connectivity index (χ1v) is 10.2. The molecule has 3 rings (SSSR count). The SMILES string of the molecule is CC(C)C(=O)NCc1csc([C@@H]2CCCN(C(=O)c3ccc(F)c(F)c3)C2)n1. The number of hydrogen-bond donors (Lipinski definition) is 1. The molecule has 1 N–H and O–H groups in total. The average molecular weight is 407 g/mol. The third kappa shape index (κ3) is 4.73. The number of nitrogens with one attached hydrogen (secondary N) is 1. The Morgan fingerprint density at radius 1 is 1.32 bits per heavy atom. The van der Waals surface area contributed by atoms with Crippen molar-refractivity contribution in [2.24, 2.45) is 5.92 Å². The van der Waals surface area contributed by atoms with Crippen molar-refractivity contribution in [2.75, 3.05) is 13.1 Å². The molecule has 1 atom stereocenters. The van der Waals surface area contributed by atoms with Gasteiger partial charge in [-0.3, -0.25) is 9.59 Å². The summed E-state index contributed by atoms with van der Waals surface area (Å²) in [7, 11) is 0. The van der Waals surface area contributed by atoms with Crippen molar-refractivity contribution in [3.8, 4) is 0 Å². The van der Waals surface area contributed by atoms with E-state index in [1.54, 1.807) is 4.90 Å². The highest BCUT2D eigenvalue weighted by atomic mass is 32.1. The van der Waals surface area contributed by atoms with Gasteiger partial charge in [-0.25, -0.2) is 13.8 Å². The van der Waals surface area contributed by atoms with E-state index in [2.05, 4.69) is 10.3 Å². The van der Waals surface area contributed by atoms with Crippen molar-refractivity contribution in [3.05, 3.63) is 51.5 Å². The van der Waals surface area contributed by atoms with Gasteiger partial charge in [-0.1, -0.05) is 13.8 Å². The Labute approximate surface area is 166 Å². The molecule has 1 fully saturated rings. The number of nitrogens with zero attached hydrogens (tertiary/aromatic N) is 2. The number of amides is 2. The van der Waals surface area contributed by atoms with Gasteiger partial charge in [-0.2, -0.15) is 0 Å². The van der Waals surface area contributed by atoms with E-state index in [0.29, 0.717) is 19.6 Å². The summed E-state index contributed by atoms with van der Waals surface area (Å²) in [6.07, 6.45) is 1.73. The Balaban J connectivity index is 1.64. The van der Waals surface area contributed by atoms with Crippen LogP contribution in [0.3, 0.4) is 0 Å². The van der Waals surface area contributed by atoms with E-state index in [1.165, 1.54) is 17.4 Å². The number of carbonyl (C=O) groups excluding carboxylic acids is 2. The van der Waals surface area contributed by atoms with E-state index in [4.69, 9.17) is 0 Å². The number of rotatable bonds is 5. The van der Waals surface area contributed by atoms with Crippen LogP contribution in [-0.2, 0) is 11.3 Å². The van der Waals surface area contributed by atoms with Crippen LogP contribution in [0.25, 0.3) is 0 Å². The number of likely N-dealkylation sites (tertiary alicyclic amines) is 1. The zero-order valence-corrected chi connectivity index (χ0v) is 16.7. The molecule has 0 radical (unpaired) electrons. The minimum absolute atomic E-state index is 0.0180. The standard InChI is InChI=1S/C20H23F2N3O2S/c1-12(2)18(26)23-9-15-11-28-19(24-15)14-4-3-7-25(10-14)20(27)13-5-6-16(21)17(22)8-13/h5-6,8,11-12,14H,3-4,7,9-10H2,1-2H3,(H,23,26)/t14-/m1/s1. The Morgan fingerprint density at radius 3 is 2.82 bits per heavy atom. The Bertz CT molecular complexity index is 869. The molecule has 0 spiro atoms. The van der Waals surface area contributed by atoms with Crippen molar-refractivity contribution in [1.29, 1.82) is 0 Å². The van der Waals surface area contributed by atoms with E-state index < -0.39 is 11.6 Å². The second-order valence-corrected chi connectivity index (χ2v) is 8.16. The third-order valence-corrected chi connectivity index (χ3v) is 5.82. The van der Waals surface area contributed by atoms with Crippen molar-refractivity contribution in [2.45, 2.75) is 39.2 Å². The lowest BCUT2D eigenvalue weighted by Gasteiger charge is -2.32. The van der Waals surface area contributed by atoms with Crippen LogP contribution in [0.4, 0.5) is 8.78 Å². The first-order chi connectivity index (χ1) is 13.3. The van der Waals surface area contributed by atoms with Crippen LogP contribution in [0.5, 0.6) is 0 Å². The first kappa shape index (κ1) is 20.4. The summed E-state index contributed by atoms with van der Waals surface area (Å²) in [5.74, 6) is -2.28. The van der Waals surface area contributed by atoms with Gasteiger partial charge in [0.15, 0.2) is 11.6 Å². The molecule has 5 nitrogen and oxygen atoms in total. The molecule has 1 aromatic carbocycles. The molecule has 0 saturated carbocycles. The summed E-state index contributed by atoms with van der Waals surface area (Å²) in [6, 6.07) is 3.23. The van der Waals surface area contributed by atoms with Crippen molar-refractivity contribution >= 4 is 23.2 Å². The summed E-state index contributed by atoms with van der Waals surface area (Å²) < 4.78 is 26.6. The number of thiazole rings is 1. The number of halogens is 2. The maximum atomic E-state index is 13.4. The van der Waals surface area contributed by atoms with Crippen LogP contribution in [0.2, 0.25) is 0 Å². The molecule has 150 valence electrons. The summed E-state index contributed by atoms with van der Waals surface area (Å²) >= 11 is 1.52. The number of benzene rings is 1. The lowest BCUT2D eigenvalue weighted by atomic mass is 9.98. The molecule has 0 aliphatic carbocycles. The Morgan fingerprint density at radius 2 is 2.11 bits per heavy atom. The Hall–Kier alpha value is -2.35. The number of carbonyl (C=O) groups is 2. The van der Waals surface area contributed by atoms with Crippen molar-refractivity contribution < 1.29 is 18.4 Å². The maximum absolute atomic E-state index is 13.4. The summed E-state index contributed by atoms with van der Waals surface area (Å²) in [4.78, 5) is 30.6. The van der Waals surface area contributed by atoms with Gasteiger partial charge in [-0.05, 0) is 31.0 Å². The van der Waals surface area contributed by atoms with E-state index in [-0.39, 0.29) is 29.2 Å². The molecule has 28 heavy (non-hydrogen) atoms. The molecule has 2 aromatic rings. The first-order valence-electron chi connectivity index (χ1n) is 9.31. The van der Waals surface area contributed by atoms with Crippen LogP contribution in [0.1, 0.15) is 53.7 Å². The average Bonchev–Trinajstić information content (AvgIpc) is 3.16. The number of hydrogen-bond acceptors (Lipinski definition) is 4. The van der Waals surface area contributed by atoms with Crippen LogP contribution < -0.4 is 5.32 Å². The predicted molar refractivity (Wildman–Crippen MR) is 103 cm³/mol. The van der Waals surface area contributed by atoms with Gasteiger partial charge in [0, 0.05) is 35.9 Å². The van der Waals surface area contributed by atoms with Crippen LogP contribution in [0.15, 0.2) is 23.6 Å². The molecular weight excluding hydrogens is 384 g/mol. The number of aromatic nitrogens is 1. The van der Waals surface area contributed by atoms with Crippen LogP contribution >= 0.6 is 11.3 Å². The normalized spacial score (nSPS) is 17.0. The summed E-state index contributed by atoms with van der Waals surface area (Å²) in [5, 5.41) is 5.70. The van der Waals surface area contributed by atoms with Crippen LogP contribution in [0, 0.1) is 17.6 Å². The van der Waals surface area contributed by atoms with Gasteiger partial charge in [-0.15, -0.1) is 11.3 Å².